The molecular weight excluding hydrogens is 248 g/mol. The summed E-state index contributed by atoms with van der Waals surface area (Å²) < 4.78 is 0. The SMILES string of the molecule is C[C@H](Sc1ccccc1Cl)C(=O)NC(N)=O. The van der Waals surface area contributed by atoms with Crippen LogP contribution in [0.1, 0.15) is 6.92 Å². The molecule has 0 radical (unpaired) electrons. The van der Waals surface area contributed by atoms with Gasteiger partial charge in [0.25, 0.3) is 0 Å². The predicted molar refractivity (Wildman–Crippen MR) is 64.5 cm³/mol. The molecule has 0 aliphatic heterocycles. The summed E-state index contributed by atoms with van der Waals surface area (Å²) in [6.45, 7) is 1.67. The molecule has 16 heavy (non-hydrogen) atoms. The molecule has 1 aromatic rings. The highest BCUT2D eigenvalue weighted by Gasteiger charge is 2.16. The summed E-state index contributed by atoms with van der Waals surface area (Å²) in [5.41, 5.74) is 4.85. The summed E-state index contributed by atoms with van der Waals surface area (Å²) in [7, 11) is 0. The number of carbonyl (C=O) groups excluding carboxylic acids is 2. The van der Waals surface area contributed by atoms with E-state index >= 15 is 0 Å². The van der Waals surface area contributed by atoms with Gasteiger partial charge in [-0.05, 0) is 19.1 Å². The number of rotatable bonds is 3. The van der Waals surface area contributed by atoms with Gasteiger partial charge in [-0.15, -0.1) is 11.8 Å². The molecule has 1 aromatic carbocycles. The van der Waals surface area contributed by atoms with Crippen LogP contribution < -0.4 is 11.1 Å². The third-order valence-electron chi connectivity index (χ3n) is 1.76. The Balaban J connectivity index is 2.64. The molecule has 3 N–H and O–H groups in total. The molecule has 1 atom stereocenters. The van der Waals surface area contributed by atoms with Crippen molar-refractivity contribution in [2.75, 3.05) is 0 Å². The molecule has 4 nitrogen and oxygen atoms in total. The number of carbonyl (C=O) groups is 2. The number of thioether (sulfide) groups is 1. The number of imide groups is 1. The lowest BCUT2D eigenvalue weighted by Crippen LogP contribution is -2.39. The van der Waals surface area contributed by atoms with Crippen LogP contribution in [-0.4, -0.2) is 17.2 Å². The zero-order valence-electron chi connectivity index (χ0n) is 8.57. The summed E-state index contributed by atoms with van der Waals surface area (Å²) in [6.07, 6.45) is 0. The van der Waals surface area contributed by atoms with Gasteiger partial charge >= 0.3 is 6.03 Å². The van der Waals surface area contributed by atoms with Gasteiger partial charge < -0.3 is 5.73 Å². The molecule has 0 saturated carbocycles. The molecule has 0 bridgehead atoms. The van der Waals surface area contributed by atoms with Gasteiger partial charge in [0.2, 0.25) is 5.91 Å². The van der Waals surface area contributed by atoms with Crippen molar-refractivity contribution in [1.82, 2.24) is 5.32 Å². The minimum Gasteiger partial charge on any atom is -0.351 e. The highest BCUT2D eigenvalue weighted by atomic mass is 35.5. The van der Waals surface area contributed by atoms with E-state index in [1.165, 1.54) is 11.8 Å². The average molecular weight is 259 g/mol. The van der Waals surface area contributed by atoms with Crippen LogP contribution in [-0.2, 0) is 4.79 Å². The van der Waals surface area contributed by atoms with Gasteiger partial charge in [0.1, 0.15) is 0 Å². The van der Waals surface area contributed by atoms with Crippen LogP contribution >= 0.6 is 23.4 Å². The number of amides is 3. The third kappa shape index (κ3) is 3.75. The second-order valence-electron chi connectivity index (χ2n) is 3.04. The minimum absolute atomic E-state index is 0.433. The standard InChI is InChI=1S/C10H11ClN2O2S/c1-6(9(14)13-10(12)15)16-8-5-3-2-4-7(8)11/h2-6H,1H3,(H3,12,13,14,15)/t6-/m0/s1. The van der Waals surface area contributed by atoms with Crippen LogP contribution in [0.15, 0.2) is 29.2 Å². The quantitative estimate of drug-likeness (QED) is 0.815. The van der Waals surface area contributed by atoms with Gasteiger partial charge in [-0.1, -0.05) is 23.7 Å². The Morgan fingerprint density at radius 1 is 1.44 bits per heavy atom. The number of benzene rings is 1. The van der Waals surface area contributed by atoms with E-state index in [0.29, 0.717) is 5.02 Å². The van der Waals surface area contributed by atoms with Gasteiger partial charge in [-0.25, -0.2) is 4.79 Å². The first-order valence-electron chi connectivity index (χ1n) is 4.52. The van der Waals surface area contributed by atoms with Crippen molar-refractivity contribution < 1.29 is 9.59 Å². The molecule has 6 heteroatoms. The van der Waals surface area contributed by atoms with Crippen molar-refractivity contribution in [2.45, 2.75) is 17.1 Å². The number of nitrogens with two attached hydrogens (primary N) is 1. The molecule has 86 valence electrons. The fourth-order valence-corrected chi connectivity index (χ4v) is 2.16. The number of hydrogen-bond donors (Lipinski definition) is 2. The average Bonchev–Trinajstić information content (AvgIpc) is 2.20. The molecule has 0 aliphatic rings. The van der Waals surface area contributed by atoms with E-state index in [9.17, 15) is 9.59 Å². The van der Waals surface area contributed by atoms with E-state index in [1.807, 2.05) is 11.4 Å². The van der Waals surface area contributed by atoms with Gasteiger partial charge in [0, 0.05) is 4.90 Å². The third-order valence-corrected chi connectivity index (χ3v) is 3.38. The van der Waals surface area contributed by atoms with Gasteiger partial charge in [-0.3, -0.25) is 10.1 Å². The first-order valence-corrected chi connectivity index (χ1v) is 5.78. The normalized spacial score (nSPS) is 11.9. The fourth-order valence-electron chi connectivity index (χ4n) is 1.01. The van der Waals surface area contributed by atoms with Crippen LogP contribution in [0.3, 0.4) is 0 Å². The summed E-state index contributed by atoms with van der Waals surface area (Å²) in [5.74, 6) is -0.433. The van der Waals surface area contributed by atoms with Crippen LogP contribution in [0.2, 0.25) is 5.02 Å². The maximum atomic E-state index is 11.4. The second-order valence-corrected chi connectivity index (χ2v) is 4.83. The topological polar surface area (TPSA) is 72.2 Å². The number of primary amides is 1. The van der Waals surface area contributed by atoms with E-state index in [-0.39, 0.29) is 0 Å². The molecule has 0 saturated heterocycles. The lowest BCUT2D eigenvalue weighted by molar-refractivity contribution is -0.119. The van der Waals surface area contributed by atoms with Crippen molar-refractivity contribution in [3.05, 3.63) is 29.3 Å². The molecular formula is C10H11ClN2O2S. The van der Waals surface area contributed by atoms with Gasteiger partial charge in [-0.2, -0.15) is 0 Å². The van der Waals surface area contributed by atoms with Crippen LogP contribution in [0.4, 0.5) is 4.79 Å². The fraction of sp³-hybridized carbons (Fsp3) is 0.200. The molecule has 1 rings (SSSR count). The first-order chi connectivity index (χ1) is 7.50. The molecule has 0 aromatic heterocycles. The Labute approximate surface area is 103 Å². The lowest BCUT2D eigenvalue weighted by Gasteiger charge is -2.10. The summed E-state index contributed by atoms with van der Waals surface area (Å²) in [4.78, 5) is 22.7. The number of nitrogens with one attached hydrogen (secondary N) is 1. The van der Waals surface area contributed by atoms with Crippen LogP contribution in [0, 0.1) is 0 Å². The van der Waals surface area contributed by atoms with Crippen molar-refractivity contribution in [2.24, 2.45) is 5.73 Å². The number of urea groups is 1. The van der Waals surface area contributed by atoms with Gasteiger partial charge in [0.05, 0.1) is 10.3 Å². The zero-order chi connectivity index (χ0) is 12.1. The smallest absolute Gasteiger partial charge is 0.318 e. The van der Waals surface area contributed by atoms with E-state index in [4.69, 9.17) is 17.3 Å². The molecule has 3 amide bonds. The summed E-state index contributed by atoms with van der Waals surface area (Å²) in [5, 5.41) is 2.16. The minimum atomic E-state index is -0.850. The lowest BCUT2D eigenvalue weighted by atomic mass is 10.4. The number of halogens is 1. The first kappa shape index (κ1) is 12.9. The second kappa shape index (κ2) is 5.77. The van der Waals surface area contributed by atoms with Crippen LogP contribution in [0.5, 0.6) is 0 Å². The van der Waals surface area contributed by atoms with Crippen molar-refractivity contribution in [1.29, 1.82) is 0 Å². The van der Waals surface area contributed by atoms with E-state index < -0.39 is 17.2 Å². The summed E-state index contributed by atoms with van der Waals surface area (Å²) >= 11 is 7.20. The van der Waals surface area contributed by atoms with Crippen molar-refractivity contribution in [3.63, 3.8) is 0 Å². The molecule has 0 spiro atoms. The van der Waals surface area contributed by atoms with E-state index in [1.54, 1.807) is 25.1 Å². The Bertz CT molecular complexity index is 412. The van der Waals surface area contributed by atoms with Crippen molar-refractivity contribution in [3.8, 4) is 0 Å². The predicted octanol–water partition coefficient (Wildman–Crippen LogP) is 2.02. The Hall–Kier alpha value is -1.20. The molecule has 0 heterocycles. The maximum absolute atomic E-state index is 11.4. The summed E-state index contributed by atoms with van der Waals surface area (Å²) in [6, 6.07) is 6.33. The maximum Gasteiger partial charge on any atom is 0.318 e. The highest BCUT2D eigenvalue weighted by molar-refractivity contribution is 8.00. The molecule has 0 unspecified atom stereocenters. The van der Waals surface area contributed by atoms with E-state index in [0.717, 1.165) is 4.90 Å². The Kier molecular flexibility index (Phi) is 4.64. The monoisotopic (exact) mass is 258 g/mol. The van der Waals surface area contributed by atoms with Crippen LogP contribution in [0.25, 0.3) is 0 Å². The Morgan fingerprint density at radius 3 is 2.62 bits per heavy atom. The molecule has 0 aliphatic carbocycles. The molecule has 0 fully saturated rings. The zero-order valence-corrected chi connectivity index (χ0v) is 10.1. The Morgan fingerprint density at radius 2 is 2.06 bits per heavy atom. The number of hydrogen-bond acceptors (Lipinski definition) is 3. The van der Waals surface area contributed by atoms with Crippen molar-refractivity contribution >= 4 is 35.3 Å². The van der Waals surface area contributed by atoms with E-state index in [2.05, 4.69) is 0 Å². The van der Waals surface area contributed by atoms with Gasteiger partial charge in [0.15, 0.2) is 0 Å². The largest absolute Gasteiger partial charge is 0.351 e. The highest BCUT2D eigenvalue weighted by Crippen LogP contribution is 2.29.